The van der Waals surface area contributed by atoms with Crippen LogP contribution in [0.2, 0.25) is 5.02 Å². The molecule has 0 aliphatic carbocycles. The Balaban J connectivity index is 2.07. The number of carbonyl (C=O) groups is 1. The average Bonchev–Trinajstić information content (AvgIpc) is 2.52. The zero-order valence-corrected chi connectivity index (χ0v) is 13.7. The van der Waals surface area contributed by atoms with Crippen LogP contribution in [0.5, 0.6) is 0 Å². The molecule has 0 atom stereocenters. The quantitative estimate of drug-likeness (QED) is 0.632. The van der Waals surface area contributed by atoms with Crippen molar-refractivity contribution >= 4 is 28.9 Å². The number of likely N-dealkylation sites (N-methyl/N-ethyl adjacent to an activating group) is 1. The van der Waals surface area contributed by atoms with Crippen molar-refractivity contribution in [1.29, 1.82) is 0 Å². The number of nitro benzene ring substituents is 1. The first-order valence-corrected chi connectivity index (χ1v) is 7.95. The maximum atomic E-state index is 11.2. The highest BCUT2D eigenvalue weighted by Crippen LogP contribution is 2.33. The van der Waals surface area contributed by atoms with E-state index in [1.165, 1.54) is 6.07 Å². The van der Waals surface area contributed by atoms with Crippen LogP contribution in [-0.4, -0.2) is 53.1 Å². The number of piperidine rings is 1. The van der Waals surface area contributed by atoms with E-state index in [-0.39, 0.29) is 18.3 Å². The molecule has 1 aliphatic rings. The van der Waals surface area contributed by atoms with Crippen molar-refractivity contribution in [3.8, 4) is 0 Å². The standard InChI is InChI=1S/C15H20ClN3O4/c1-2-17(10-15(20)21)12-5-7-18(8-6-12)13-4-3-11(16)9-14(13)19(22)23/h3-4,9,12H,2,5-8,10H2,1H3,(H,20,21). The van der Waals surface area contributed by atoms with Gasteiger partial charge in [0.25, 0.3) is 5.69 Å². The van der Waals surface area contributed by atoms with Gasteiger partial charge in [-0.15, -0.1) is 0 Å². The number of rotatable bonds is 6. The van der Waals surface area contributed by atoms with Crippen LogP contribution in [0.3, 0.4) is 0 Å². The van der Waals surface area contributed by atoms with Crippen molar-refractivity contribution in [2.75, 3.05) is 31.1 Å². The van der Waals surface area contributed by atoms with Crippen molar-refractivity contribution in [2.45, 2.75) is 25.8 Å². The number of carboxylic acid groups (broad SMARTS) is 1. The molecule has 23 heavy (non-hydrogen) atoms. The van der Waals surface area contributed by atoms with Crippen LogP contribution in [0.4, 0.5) is 11.4 Å². The zero-order chi connectivity index (χ0) is 17.0. The molecule has 0 unspecified atom stereocenters. The van der Waals surface area contributed by atoms with E-state index in [0.717, 1.165) is 12.8 Å². The van der Waals surface area contributed by atoms with Gasteiger partial charge in [0.05, 0.1) is 11.5 Å². The van der Waals surface area contributed by atoms with Crippen molar-refractivity contribution in [2.24, 2.45) is 0 Å². The summed E-state index contributed by atoms with van der Waals surface area (Å²) in [5.74, 6) is -0.831. The summed E-state index contributed by atoms with van der Waals surface area (Å²) in [7, 11) is 0. The minimum absolute atomic E-state index is 0.00818. The Bertz CT molecular complexity index is 588. The summed E-state index contributed by atoms with van der Waals surface area (Å²) in [6, 6.07) is 4.89. The highest BCUT2D eigenvalue weighted by Gasteiger charge is 2.28. The molecule has 1 N–H and O–H groups in total. The number of hydrogen-bond donors (Lipinski definition) is 1. The Kier molecular flexibility index (Phi) is 5.79. The molecular weight excluding hydrogens is 322 g/mol. The fraction of sp³-hybridized carbons (Fsp3) is 0.533. The lowest BCUT2D eigenvalue weighted by molar-refractivity contribution is -0.384. The van der Waals surface area contributed by atoms with Crippen molar-refractivity contribution < 1.29 is 14.8 Å². The lowest BCUT2D eigenvalue weighted by atomic mass is 10.0. The predicted octanol–water partition coefficient (Wildman–Crippen LogP) is 2.62. The van der Waals surface area contributed by atoms with Crippen LogP contribution >= 0.6 is 11.6 Å². The van der Waals surface area contributed by atoms with Crippen LogP contribution in [0.1, 0.15) is 19.8 Å². The summed E-state index contributed by atoms with van der Waals surface area (Å²) in [5.41, 5.74) is 0.577. The molecule has 0 saturated carbocycles. The second-order valence-electron chi connectivity index (χ2n) is 5.57. The van der Waals surface area contributed by atoms with Crippen molar-refractivity contribution in [3.63, 3.8) is 0 Å². The largest absolute Gasteiger partial charge is 0.480 e. The molecular formula is C15H20ClN3O4. The first kappa shape index (κ1) is 17.5. The number of nitrogens with zero attached hydrogens (tertiary/aromatic N) is 3. The Labute approximate surface area is 139 Å². The molecule has 0 spiro atoms. The summed E-state index contributed by atoms with van der Waals surface area (Å²) in [5, 5.41) is 20.5. The lowest BCUT2D eigenvalue weighted by Gasteiger charge is -2.38. The van der Waals surface area contributed by atoms with E-state index in [1.807, 2.05) is 16.7 Å². The average molecular weight is 342 g/mol. The zero-order valence-electron chi connectivity index (χ0n) is 12.9. The molecule has 1 aromatic carbocycles. The van der Waals surface area contributed by atoms with Crippen molar-refractivity contribution in [1.82, 2.24) is 4.90 Å². The van der Waals surface area contributed by atoms with Gasteiger partial charge >= 0.3 is 5.97 Å². The van der Waals surface area contributed by atoms with Crippen LogP contribution in [0, 0.1) is 10.1 Å². The van der Waals surface area contributed by atoms with E-state index in [4.69, 9.17) is 16.7 Å². The van der Waals surface area contributed by atoms with Gasteiger partial charge in [0.1, 0.15) is 5.69 Å². The number of benzene rings is 1. The fourth-order valence-electron chi connectivity index (χ4n) is 3.05. The SMILES string of the molecule is CCN(CC(=O)O)C1CCN(c2ccc(Cl)cc2[N+](=O)[O-])CC1. The number of carboxylic acids is 1. The van der Waals surface area contributed by atoms with Crippen LogP contribution < -0.4 is 4.90 Å². The lowest BCUT2D eigenvalue weighted by Crippen LogP contribution is -2.46. The van der Waals surface area contributed by atoms with Gasteiger partial charge in [0.15, 0.2) is 0 Å². The molecule has 1 fully saturated rings. The maximum Gasteiger partial charge on any atom is 0.317 e. The number of aliphatic carboxylic acids is 1. The smallest absolute Gasteiger partial charge is 0.317 e. The van der Waals surface area contributed by atoms with Gasteiger partial charge < -0.3 is 10.0 Å². The normalized spacial score (nSPS) is 15.9. The van der Waals surface area contributed by atoms with E-state index in [1.54, 1.807) is 12.1 Å². The van der Waals surface area contributed by atoms with Gasteiger partial charge in [-0.1, -0.05) is 18.5 Å². The second-order valence-corrected chi connectivity index (χ2v) is 6.00. The van der Waals surface area contributed by atoms with Gasteiger partial charge in [-0.3, -0.25) is 19.8 Å². The monoisotopic (exact) mass is 341 g/mol. The van der Waals surface area contributed by atoms with Gasteiger partial charge in [-0.25, -0.2) is 0 Å². The molecule has 0 aromatic heterocycles. The summed E-state index contributed by atoms with van der Waals surface area (Å²) >= 11 is 5.85. The molecule has 7 nitrogen and oxygen atoms in total. The van der Waals surface area contributed by atoms with E-state index >= 15 is 0 Å². The summed E-state index contributed by atoms with van der Waals surface area (Å²) < 4.78 is 0. The van der Waals surface area contributed by atoms with Crippen LogP contribution in [0.15, 0.2) is 18.2 Å². The minimum atomic E-state index is -0.831. The maximum absolute atomic E-state index is 11.2. The number of nitro groups is 1. The summed E-state index contributed by atoms with van der Waals surface area (Å²) in [6.45, 7) is 3.96. The highest BCUT2D eigenvalue weighted by molar-refractivity contribution is 6.30. The highest BCUT2D eigenvalue weighted by atomic mass is 35.5. The topological polar surface area (TPSA) is 86.9 Å². The first-order chi connectivity index (χ1) is 10.9. The molecule has 8 heteroatoms. The van der Waals surface area contributed by atoms with Crippen LogP contribution in [-0.2, 0) is 4.79 Å². The molecule has 0 amide bonds. The molecule has 1 aliphatic heterocycles. The van der Waals surface area contributed by atoms with E-state index in [2.05, 4.69) is 0 Å². The molecule has 0 radical (unpaired) electrons. The molecule has 1 heterocycles. The summed E-state index contributed by atoms with van der Waals surface area (Å²) in [4.78, 5) is 25.6. The third-order valence-corrected chi connectivity index (χ3v) is 4.44. The predicted molar refractivity (Wildman–Crippen MR) is 88.2 cm³/mol. The Morgan fingerprint density at radius 3 is 2.65 bits per heavy atom. The van der Waals surface area contributed by atoms with Crippen molar-refractivity contribution in [3.05, 3.63) is 33.3 Å². The Morgan fingerprint density at radius 2 is 2.13 bits per heavy atom. The fourth-order valence-corrected chi connectivity index (χ4v) is 3.22. The third-order valence-electron chi connectivity index (χ3n) is 4.20. The van der Waals surface area contributed by atoms with Gasteiger partial charge in [0, 0.05) is 30.2 Å². The third kappa shape index (κ3) is 4.33. The van der Waals surface area contributed by atoms with E-state index in [9.17, 15) is 14.9 Å². The Hall–Kier alpha value is -1.86. The van der Waals surface area contributed by atoms with E-state index < -0.39 is 10.9 Å². The van der Waals surface area contributed by atoms with Gasteiger partial charge in [-0.2, -0.15) is 0 Å². The molecule has 2 rings (SSSR count). The molecule has 1 saturated heterocycles. The minimum Gasteiger partial charge on any atom is -0.480 e. The molecule has 0 bridgehead atoms. The summed E-state index contributed by atoms with van der Waals surface area (Å²) in [6.07, 6.45) is 1.56. The van der Waals surface area contributed by atoms with Gasteiger partial charge in [0.2, 0.25) is 0 Å². The molecule has 126 valence electrons. The first-order valence-electron chi connectivity index (χ1n) is 7.57. The Morgan fingerprint density at radius 1 is 1.48 bits per heavy atom. The van der Waals surface area contributed by atoms with E-state index in [0.29, 0.717) is 30.3 Å². The second kappa shape index (κ2) is 7.61. The molecule has 1 aromatic rings. The van der Waals surface area contributed by atoms with Gasteiger partial charge in [-0.05, 0) is 31.5 Å². The number of hydrogen-bond acceptors (Lipinski definition) is 5. The number of halogens is 1. The number of anilines is 1. The van der Waals surface area contributed by atoms with Crippen LogP contribution in [0.25, 0.3) is 0 Å².